The Hall–Kier alpha value is -1.58. The lowest BCUT2D eigenvalue weighted by molar-refractivity contribution is -0.130. The molecule has 1 N–H and O–H groups in total. The van der Waals surface area contributed by atoms with Crippen molar-refractivity contribution in [2.75, 3.05) is 0 Å². The number of thiophene rings is 1. The summed E-state index contributed by atoms with van der Waals surface area (Å²) in [6.45, 7) is 0. The Morgan fingerprint density at radius 3 is 2.47 bits per heavy atom. The molecule has 0 fully saturated rings. The maximum atomic E-state index is 11.2. The van der Waals surface area contributed by atoms with Crippen molar-refractivity contribution in [3.8, 4) is 0 Å². The van der Waals surface area contributed by atoms with Crippen LogP contribution < -0.4 is 0 Å². The van der Waals surface area contributed by atoms with E-state index in [-0.39, 0.29) is 5.57 Å². The molecule has 4 heteroatoms. The topological polar surface area (TPSA) is 37.3 Å². The Morgan fingerprint density at radius 1 is 1.24 bits per heavy atom. The smallest absolute Gasteiger partial charge is 0.336 e. The maximum absolute atomic E-state index is 11.2. The third-order valence-electron chi connectivity index (χ3n) is 2.22. The van der Waals surface area contributed by atoms with Gasteiger partial charge in [0, 0.05) is 9.90 Å². The van der Waals surface area contributed by atoms with Gasteiger partial charge in [-0.3, -0.25) is 0 Å². The number of rotatable bonds is 3. The van der Waals surface area contributed by atoms with Crippen LogP contribution in [0, 0.1) is 0 Å². The molecule has 0 spiro atoms. The van der Waals surface area contributed by atoms with Gasteiger partial charge in [0.15, 0.2) is 0 Å². The summed E-state index contributed by atoms with van der Waals surface area (Å²) in [5.41, 5.74) is 0.916. The zero-order chi connectivity index (χ0) is 12.3. The maximum Gasteiger partial charge on any atom is 0.336 e. The monoisotopic (exact) mass is 264 g/mol. The molecule has 1 heterocycles. The number of hydrogen-bond acceptors (Lipinski definition) is 2. The van der Waals surface area contributed by atoms with Crippen molar-refractivity contribution >= 4 is 40.6 Å². The molecule has 1 aromatic heterocycles. The minimum Gasteiger partial charge on any atom is -0.478 e. The lowest BCUT2D eigenvalue weighted by Gasteiger charge is -2.02. The predicted molar refractivity (Wildman–Crippen MR) is 71.3 cm³/mol. The third kappa shape index (κ3) is 2.96. The molecule has 0 amide bonds. The van der Waals surface area contributed by atoms with Gasteiger partial charge in [-0.2, -0.15) is 0 Å². The van der Waals surface area contributed by atoms with E-state index in [1.807, 2.05) is 17.5 Å². The Labute approximate surface area is 108 Å². The molecule has 0 unspecified atom stereocenters. The molecule has 86 valence electrons. The molecule has 0 aliphatic rings. The van der Waals surface area contributed by atoms with Crippen molar-refractivity contribution in [1.82, 2.24) is 0 Å². The summed E-state index contributed by atoms with van der Waals surface area (Å²) in [6.07, 6.45) is 1.66. The molecule has 2 nitrogen and oxygen atoms in total. The highest BCUT2D eigenvalue weighted by molar-refractivity contribution is 7.10. The minimum absolute atomic E-state index is 0.268. The molecular weight excluding hydrogens is 256 g/mol. The van der Waals surface area contributed by atoms with Gasteiger partial charge in [-0.05, 0) is 35.2 Å². The Bertz CT molecular complexity index is 541. The van der Waals surface area contributed by atoms with Crippen LogP contribution >= 0.6 is 22.9 Å². The van der Waals surface area contributed by atoms with E-state index in [1.165, 1.54) is 11.3 Å². The molecule has 0 aliphatic heterocycles. The summed E-state index contributed by atoms with van der Waals surface area (Å²) >= 11 is 7.27. The van der Waals surface area contributed by atoms with E-state index in [2.05, 4.69) is 0 Å². The van der Waals surface area contributed by atoms with Gasteiger partial charge < -0.3 is 5.11 Å². The van der Waals surface area contributed by atoms with E-state index in [4.69, 9.17) is 11.6 Å². The number of halogens is 1. The Kier molecular flexibility index (Phi) is 3.61. The summed E-state index contributed by atoms with van der Waals surface area (Å²) in [6, 6.07) is 10.5. The quantitative estimate of drug-likeness (QED) is 0.850. The van der Waals surface area contributed by atoms with Gasteiger partial charge >= 0.3 is 5.97 Å². The standard InChI is InChI=1S/C13H9ClO2S/c14-10-5-3-9(4-6-10)12(13(15)16)8-11-2-1-7-17-11/h1-8H,(H,15,16)/b12-8+. The molecule has 1 aromatic carbocycles. The highest BCUT2D eigenvalue weighted by atomic mass is 35.5. The van der Waals surface area contributed by atoms with Crippen LogP contribution in [-0.2, 0) is 4.79 Å². The van der Waals surface area contributed by atoms with E-state index in [0.29, 0.717) is 10.6 Å². The highest BCUT2D eigenvalue weighted by Crippen LogP contribution is 2.22. The molecule has 2 rings (SSSR count). The summed E-state index contributed by atoms with van der Waals surface area (Å²) < 4.78 is 0. The summed E-state index contributed by atoms with van der Waals surface area (Å²) in [7, 11) is 0. The van der Waals surface area contributed by atoms with Gasteiger partial charge in [0.1, 0.15) is 0 Å². The lowest BCUT2D eigenvalue weighted by Crippen LogP contribution is -1.99. The third-order valence-corrected chi connectivity index (χ3v) is 3.29. The second-order valence-electron chi connectivity index (χ2n) is 3.39. The molecule has 0 aliphatic carbocycles. The largest absolute Gasteiger partial charge is 0.478 e. The van der Waals surface area contributed by atoms with E-state index < -0.39 is 5.97 Å². The average molecular weight is 265 g/mol. The van der Waals surface area contributed by atoms with Gasteiger partial charge in [0.25, 0.3) is 0 Å². The molecule has 2 aromatic rings. The van der Waals surface area contributed by atoms with Crippen LogP contribution in [0.5, 0.6) is 0 Å². The van der Waals surface area contributed by atoms with E-state index in [1.54, 1.807) is 30.3 Å². The summed E-state index contributed by atoms with van der Waals surface area (Å²) in [4.78, 5) is 12.1. The van der Waals surface area contributed by atoms with Crippen molar-refractivity contribution in [2.45, 2.75) is 0 Å². The molecular formula is C13H9ClO2S. The second kappa shape index (κ2) is 5.17. The van der Waals surface area contributed by atoms with E-state index in [0.717, 1.165) is 4.88 Å². The van der Waals surface area contributed by atoms with Crippen LogP contribution in [0.15, 0.2) is 41.8 Å². The normalized spacial score (nSPS) is 11.5. The zero-order valence-corrected chi connectivity index (χ0v) is 10.3. The average Bonchev–Trinajstić information content (AvgIpc) is 2.80. The fourth-order valence-electron chi connectivity index (χ4n) is 1.41. The Balaban J connectivity index is 2.43. The van der Waals surface area contributed by atoms with Gasteiger partial charge in [-0.1, -0.05) is 29.8 Å². The van der Waals surface area contributed by atoms with Crippen LogP contribution in [0.3, 0.4) is 0 Å². The molecule has 0 saturated heterocycles. The van der Waals surface area contributed by atoms with Gasteiger partial charge in [-0.25, -0.2) is 4.79 Å². The first kappa shape index (κ1) is 11.9. The second-order valence-corrected chi connectivity index (χ2v) is 4.80. The van der Waals surface area contributed by atoms with Crippen LogP contribution in [0.2, 0.25) is 5.02 Å². The molecule has 0 radical (unpaired) electrons. The fourth-order valence-corrected chi connectivity index (χ4v) is 2.20. The van der Waals surface area contributed by atoms with Crippen molar-refractivity contribution in [1.29, 1.82) is 0 Å². The van der Waals surface area contributed by atoms with Crippen LogP contribution in [0.25, 0.3) is 11.6 Å². The number of hydrogen-bond donors (Lipinski definition) is 1. The van der Waals surface area contributed by atoms with Crippen molar-refractivity contribution in [2.24, 2.45) is 0 Å². The first-order valence-corrected chi connectivity index (χ1v) is 6.17. The number of carboxylic acids is 1. The first-order chi connectivity index (χ1) is 8.16. The first-order valence-electron chi connectivity index (χ1n) is 4.91. The zero-order valence-electron chi connectivity index (χ0n) is 8.76. The van der Waals surface area contributed by atoms with Crippen molar-refractivity contribution in [3.63, 3.8) is 0 Å². The van der Waals surface area contributed by atoms with Crippen molar-refractivity contribution in [3.05, 3.63) is 57.2 Å². The SMILES string of the molecule is O=C(O)/C(=C/c1cccs1)c1ccc(Cl)cc1. The summed E-state index contributed by atoms with van der Waals surface area (Å²) in [5, 5.41) is 11.7. The van der Waals surface area contributed by atoms with Crippen molar-refractivity contribution < 1.29 is 9.90 Å². The predicted octanol–water partition coefficient (Wildman–Crippen LogP) is 4.03. The highest BCUT2D eigenvalue weighted by Gasteiger charge is 2.10. The van der Waals surface area contributed by atoms with Gasteiger partial charge in [0.05, 0.1) is 5.57 Å². The number of carbonyl (C=O) groups is 1. The molecule has 0 bridgehead atoms. The fraction of sp³-hybridized carbons (Fsp3) is 0. The van der Waals surface area contributed by atoms with Gasteiger partial charge in [0.2, 0.25) is 0 Å². The van der Waals surface area contributed by atoms with Crippen LogP contribution in [-0.4, -0.2) is 11.1 Å². The molecule has 17 heavy (non-hydrogen) atoms. The number of aliphatic carboxylic acids is 1. The summed E-state index contributed by atoms with van der Waals surface area (Å²) in [5.74, 6) is -0.944. The number of carboxylic acid groups (broad SMARTS) is 1. The minimum atomic E-state index is -0.944. The van der Waals surface area contributed by atoms with E-state index >= 15 is 0 Å². The molecule has 0 atom stereocenters. The Morgan fingerprint density at radius 2 is 1.94 bits per heavy atom. The van der Waals surface area contributed by atoms with Crippen LogP contribution in [0.4, 0.5) is 0 Å². The lowest BCUT2D eigenvalue weighted by atomic mass is 10.1. The molecule has 0 saturated carbocycles. The van der Waals surface area contributed by atoms with E-state index in [9.17, 15) is 9.90 Å². The van der Waals surface area contributed by atoms with Gasteiger partial charge in [-0.15, -0.1) is 11.3 Å². The van der Waals surface area contributed by atoms with Crippen LogP contribution in [0.1, 0.15) is 10.4 Å². The number of benzene rings is 1.